The van der Waals surface area contributed by atoms with Gasteiger partial charge in [-0.15, -0.1) is 0 Å². The number of sulfone groups is 1. The highest BCUT2D eigenvalue weighted by molar-refractivity contribution is 7.90. The lowest BCUT2D eigenvalue weighted by molar-refractivity contribution is -0.144. The fraction of sp³-hybridized carbons (Fsp3) is 0.353. The second kappa shape index (κ2) is 8.70. The molecule has 0 saturated heterocycles. The van der Waals surface area contributed by atoms with Crippen LogP contribution in [-0.2, 0) is 32.6 Å². The molecule has 0 bridgehead atoms. The molecule has 0 unspecified atom stereocenters. The number of halogens is 2. The number of hydrogen-bond donors (Lipinski definition) is 0. The summed E-state index contributed by atoms with van der Waals surface area (Å²) in [6.07, 6.45) is 2.18. The van der Waals surface area contributed by atoms with Crippen molar-refractivity contribution in [3.63, 3.8) is 0 Å². The molecule has 0 radical (unpaired) electrons. The molecule has 152 valence electrons. The number of nitrogens with zero attached hydrogens (tertiary/aromatic N) is 2. The highest BCUT2D eigenvalue weighted by Crippen LogP contribution is 2.27. The Morgan fingerprint density at radius 3 is 2.54 bits per heavy atom. The van der Waals surface area contributed by atoms with Crippen LogP contribution in [0.25, 0.3) is 11.1 Å². The maximum Gasteiger partial charge on any atom is 0.333 e. The van der Waals surface area contributed by atoms with Gasteiger partial charge in [0.2, 0.25) is 0 Å². The van der Waals surface area contributed by atoms with E-state index in [1.807, 2.05) is 0 Å². The van der Waals surface area contributed by atoms with Crippen LogP contribution < -0.4 is 11.2 Å². The normalized spacial score (nSPS) is 11.4. The number of carbonyl (C=O) groups excluding carboxylic acids is 1. The number of benzene rings is 1. The fourth-order valence-electron chi connectivity index (χ4n) is 2.49. The van der Waals surface area contributed by atoms with E-state index < -0.39 is 39.6 Å². The van der Waals surface area contributed by atoms with Crippen molar-refractivity contribution in [2.45, 2.75) is 26.6 Å². The monoisotopic (exact) mass is 432 g/mol. The van der Waals surface area contributed by atoms with Crippen molar-refractivity contribution < 1.29 is 22.3 Å². The zero-order valence-electron chi connectivity index (χ0n) is 15.1. The van der Waals surface area contributed by atoms with Gasteiger partial charge in [0.05, 0.1) is 16.3 Å². The minimum atomic E-state index is -3.29. The van der Waals surface area contributed by atoms with Gasteiger partial charge in [-0.25, -0.2) is 17.6 Å². The van der Waals surface area contributed by atoms with Crippen molar-refractivity contribution in [2.24, 2.45) is 0 Å². The van der Waals surface area contributed by atoms with Gasteiger partial charge in [0.15, 0.2) is 6.73 Å². The third-order valence-electron chi connectivity index (χ3n) is 3.78. The molecule has 0 aliphatic rings. The van der Waals surface area contributed by atoms with E-state index in [4.69, 9.17) is 16.3 Å². The molecule has 0 aliphatic heterocycles. The summed E-state index contributed by atoms with van der Waals surface area (Å²) in [7, 11) is -3.29. The topological polar surface area (TPSA) is 104 Å². The van der Waals surface area contributed by atoms with E-state index in [0.29, 0.717) is 0 Å². The average Bonchev–Trinajstić information content (AvgIpc) is 2.59. The lowest BCUT2D eigenvalue weighted by atomic mass is 10.1. The summed E-state index contributed by atoms with van der Waals surface area (Å²) in [5, 5.41) is -0.306. The van der Waals surface area contributed by atoms with Crippen molar-refractivity contribution in [3.8, 4) is 11.1 Å². The van der Waals surface area contributed by atoms with Crippen LogP contribution in [0.1, 0.15) is 13.3 Å². The van der Waals surface area contributed by atoms with Crippen LogP contribution in [0.2, 0.25) is 5.02 Å². The quantitative estimate of drug-likeness (QED) is 0.613. The van der Waals surface area contributed by atoms with Crippen LogP contribution >= 0.6 is 11.6 Å². The van der Waals surface area contributed by atoms with Gasteiger partial charge in [0.25, 0.3) is 5.56 Å². The predicted octanol–water partition coefficient (Wildman–Crippen LogP) is 1.42. The summed E-state index contributed by atoms with van der Waals surface area (Å²) >= 11 is 5.96. The fourth-order valence-corrected chi connectivity index (χ4v) is 3.37. The van der Waals surface area contributed by atoms with Crippen molar-refractivity contribution in [2.75, 3.05) is 12.0 Å². The second-order valence-corrected chi connectivity index (χ2v) is 8.74. The first-order valence-electron chi connectivity index (χ1n) is 8.11. The minimum absolute atomic E-state index is 0.0158. The Morgan fingerprint density at radius 2 is 1.93 bits per heavy atom. The molecule has 0 saturated carbocycles. The third kappa shape index (κ3) is 5.29. The Morgan fingerprint density at radius 1 is 1.25 bits per heavy atom. The van der Waals surface area contributed by atoms with Gasteiger partial charge in [-0.05, 0) is 12.5 Å². The SMILES string of the molecule is CC(=O)OCn1cc(-c2cccc(F)c2Cl)c(=O)n(CCCS(C)(=O)=O)c1=O. The Labute approximate surface area is 165 Å². The maximum absolute atomic E-state index is 13.8. The molecule has 1 aromatic carbocycles. The van der Waals surface area contributed by atoms with E-state index in [9.17, 15) is 27.2 Å². The van der Waals surface area contributed by atoms with Crippen LogP contribution in [0.4, 0.5) is 4.39 Å². The van der Waals surface area contributed by atoms with E-state index in [0.717, 1.165) is 34.6 Å². The first-order chi connectivity index (χ1) is 13.0. The van der Waals surface area contributed by atoms with Gasteiger partial charge in [0, 0.05) is 31.5 Å². The Kier molecular flexibility index (Phi) is 6.78. The molecule has 0 N–H and O–H groups in total. The van der Waals surface area contributed by atoms with E-state index in [1.165, 1.54) is 12.1 Å². The molecule has 0 spiro atoms. The molecular weight excluding hydrogens is 415 g/mol. The van der Waals surface area contributed by atoms with Crippen molar-refractivity contribution in [1.82, 2.24) is 9.13 Å². The number of ether oxygens (including phenoxy) is 1. The highest BCUT2D eigenvalue weighted by atomic mass is 35.5. The van der Waals surface area contributed by atoms with Gasteiger partial charge < -0.3 is 4.74 Å². The van der Waals surface area contributed by atoms with Gasteiger partial charge >= 0.3 is 11.7 Å². The van der Waals surface area contributed by atoms with Crippen LogP contribution in [0.15, 0.2) is 34.0 Å². The summed E-state index contributed by atoms with van der Waals surface area (Å²) in [6, 6.07) is 3.88. The van der Waals surface area contributed by atoms with Crippen molar-refractivity contribution in [3.05, 3.63) is 56.1 Å². The van der Waals surface area contributed by atoms with Crippen LogP contribution in [0.5, 0.6) is 0 Å². The molecule has 0 atom stereocenters. The zero-order chi connectivity index (χ0) is 21.1. The molecule has 8 nitrogen and oxygen atoms in total. The largest absolute Gasteiger partial charge is 0.444 e. The van der Waals surface area contributed by atoms with Gasteiger partial charge in [-0.1, -0.05) is 23.7 Å². The first-order valence-corrected chi connectivity index (χ1v) is 10.5. The standard InChI is InChI=1S/C17H18ClFN2O6S/c1-11(22)27-10-20-9-13(12-5-3-6-14(19)15(12)18)16(23)21(17(20)24)7-4-8-28(2,25)26/h3,5-6,9H,4,7-8,10H2,1-2H3. The lowest BCUT2D eigenvalue weighted by Gasteiger charge is -2.14. The van der Waals surface area contributed by atoms with Crippen LogP contribution in [0.3, 0.4) is 0 Å². The first kappa shape index (κ1) is 21.8. The van der Waals surface area contributed by atoms with Gasteiger partial charge in [0.1, 0.15) is 15.7 Å². The maximum atomic E-state index is 13.8. The molecule has 2 aromatic rings. The van der Waals surface area contributed by atoms with Crippen molar-refractivity contribution >= 4 is 27.4 Å². The highest BCUT2D eigenvalue weighted by Gasteiger charge is 2.17. The predicted molar refractivity (Wildman–Crippen MR) is 101 cm³/mol. The van der Waals surface area contributed by atoms with E-state index in [-0.39, 0.29) is 34.9 Å². The summed E-state index contributed by atoms with van der Waals surface area (Å²) in [6.45, 7) is 0.490. The van der Waals surface area contributed by atoms with Gasteiger partial charge in [-0.3, -0.25) is 18.7 Å². The summed E-state index contributed by atoms with van der Waals surface area (Å²) < 4.78 is 43.0. The Hall–Kier alpha value is -2.46. The number of rotatable bonds is 7. The van der Waals surface area contributed by atoms with Gasteiger partial charge in [-0.2, -0.15) is 0 Å². The number of carbonyl (C=O) groups is 1. The van der Waals surface area contributed by atoms with Crippen LogP contribution in [0, 0.1) is 5.82 Å². The summed E-state index contributed by atoms with van der Waals surface area (Å²) in [5.74, 6) is -1.62. The molecule has 1 heterocycles. The molecule has 11 heteroatoms. The average molecular weight is 433 g/mol. The summed E-state index contributed by atoms with van der Waals surface area (Å²) in [5.41, 5.74) is -1.59. The molecule has 28 heavy (non-hydrogen) atoms. The van der Waals surface area contributed by atoms with E-state index >= 15 is 0 Å². The molecule has 2 rings (SSSR count). The second-order valence-electron chi connectivity index (χ2n) is 6.10. The minimum Gasteiger partial charge on any atom is -0.444 e. The lowest BCUT2D eigenvalue weighted by Crippen LogP contribution is -2.41. The third-order valence-corrected chi connectivity index (χ3v) is 5.20. The smallest absolute Gasteiger partial charge is 0.333 e. The molecule has 0 amide bonds. The number of hydrogen-bond acceptors (Lipinski definition) is 6. The molecule has 1 aromatic heterocycles. The Balaban J connectivity index is 2.61. The number of esters is 1. The molecule has 0 aliphatic carbocycles. The zero-order valence-corrected chi connectivity index (χ0v) is 16.7. The van der Waals surface area contributed by atoms with Crippen LogP contribution in [-0.4, -0.2) is 35.5 Å². The molecule has 0 fully saturated rings. The van der Waals surface area contributed by atoms with E-state index in [2.05, 4.69) is 0 Å². The van der Waals surface area contributed by atoms with Crippen molar-refractivity contribution in [1.29, 1.82) is 0 Å². The molecular formula is C17H18ClFN2O6S. The van der Waals surface area contributed by atoms with E-state index in [1.54, 1.807) is 0 Å². The number of aromatic nitrogens is 2. The summed E-state index contributed by atoms with van der Waals surface area (Å²) in [4.78, 5) is 36.5. The Bertz CT molecular complexity index is 1120.